The number of hydrogen-bond donors (Lipinski definition) is 1. The number of halogens is 2. The van der Waals surface area contributed by atoms with Gasteiger partial charge in [-0.3, -0.25) is 4.79 Å². The Labute approximate surface area is 168 Å². The minimum absolute atomic E-state index is 0.0455. The van der Waals surface area contributed by atoms with Crippen molar-refractivity contribution in [3.8, 4) is 17.2 Å². The van der Waals surface area contributed by atoms with Crippen molar-refractivity contribution < 1.29 is 19.0 Å². The molecule has 0 heterocycles. The lowest BCUT2D eigenvalue weighted by Crippen LogP contribution is -2.24. The highest BCUT2D eigenvalue weighted by molar-refractivity contribution is 6.32. The van der Waals surface area contributed by atoms with Crippen LogP contribution in [0.1, 0.15) is 19.4 Å². The Bertz CT molecular complexity index is 808. The molecule has 27 heavy (non-hydrogen) atoms. The van der Waals surface area contributed by atoms with Crippen molar-refractivity contribution in [2.75, 3.05) is 13.7 Å². The molecule has 1 N–H and O–H groups in total. The predicted molar refractivity (Wildman–Crippen MR) is 106 cm³/mol. The summed E-state index contributed by atoms with van der Waals surface area (Å²) >= 11 is 12.0. The fourth-order valence-electron chi connectivity index (χ4n) is 2.06. The molecule has 0 unspecified atom stereocenters. The lowest BCUT2D eigenvalue weighted by Gasteiger charge is -2.15. The SMILES string of the molecule is COc1cc(/C=N\NC(=O)COc2ccc(Cl)cc2)cc(Cl)c1OC(C)C. The van der Waals surface area contributed by atoms with E-state index in [0.29, 0.717) is 32.9 Å². The molecule has 0 radical (unpaired) electrons. The van der Waals surface area contributed by atoms with E-state index in [-0.39, 0.29) is 12.7 Å². The number of carbonyl (C=O) groups is 1. The van der Waals surface area contributed by atoms with Gasteiger partial charge in [0, 0.05) is 5.02 Å². The molecule has 144 valence electrons. The minimum Gasteiger partial charge on any atom is -0.493 e. The molecule has 2 aromatic carbocycles. The maximum Gasteiger partial charge on any atom is 0.277 e. The van der Waals surface area contributed by atoms with E-state index in [1.165, 1.54) is 13.3 Å². The van der Waals surface area contributed by atoms with Crippen molar-refractivity contribution in [3.05, 3.63) is 52.0 Å². The van der Waals surface area contributed by atoms with Gasteiger partial charge >= 0.3 is 0 Å². The fourth-order valence-corrected chi connectivity index (χ4v) is 2.44. The van der Waals surface area contributed by atoms with Crippen molar-refractivity contribution in [2.24, 2.45) is 5.10 Å². The topological polar surface area (TPSA) is 69.2 Å². The molecule has 6 nitrogen and oxygen atoms in total. The Hall–Kier alpha value is -2.44. The number of carbonyl (C=O) groups excluding carboxylic acids is 1. The minimum atomic E-state index is -0.404. The maximum atomic E-state index is 11.8. The van der Waals surface area contributed by atoms with Crippen LogP contribution in [0.25, 0.3) is 0 Å². The second kappa shape index (κ2) is 10.0. The van der Waals surface area contributed by atoms with Crippen LogP contribution in [0.5, 0.6) is 17.2 Å². The first-order valence-electron chi connectivity index (χ1n) is 8.13. The molecule has 8 heteroatoms. The molecule has 0 atom stereocenters. The molecule has 0 aliphatic heterocycles. The quantitative estimate of drug-likeness (QED) is 0.519. The number of ether oxygens (including phenoxy) is 3. The van der Waals surface area contributed by atoms with Gasteiger partial charge in [0.15, 0.2) is 18.1 Å². The maximum absolute atomic E-state index is 11.8. The second-order valence-electron chi connectivity index (χ2n) is 5.74. The van der Waals surface area contributed by atoms with Crippen LogP contribution < -0.4 is 19.6 Å². The molecule has 0 spiro atoms. The van der Waals surface area contributed by atoms with Crippen LogP contribution in [0.2, 0.25) is 10.0 Å². The Morgan fingerprint density at radius 3 is 2.56 bits per heavy atom. The molecule has 1 amide bonds. The second-order valence-corrected chi connectivity index (χ2v) is 6.58. The van der Waals surface area contributed by atoms with Crippen molar-refractivity contribution in [3.63, 3.8) is 0 Å². The van der Waals surface area contributed by atoms with Crippen LogP contribution in [0.4, 0.5) is 0 Å². The van der Waals surface area contributed by atoms with E-state index in [1.807, 2.05) is 13.8 Å². The zero-order chi connectivity index (χ0) is 19.8. The number of rotatable bonds is 8. The number of benzene rings is 2. The highest BCUT2D eigenvalue weighted by Crippen LogP contribution is 2.36. The highest BCUT2D eigenvalue weighted by atomic mass is 35.5. The standard InChI is InChI=1S/C19H20Cl2N2O4/c1-12(2)27-19-16(21)8-13(9-17(19)25-3)10-22-23-18(24)11-26-15-6-4-14(20)5-7-15/h4-10,12H,11H2,1-3H3,(H,23,24)/b22-10-. The Morgan fingerprint density at radius 2 is 1.93 bits per heavy atom. The third-order valence-corrected chi connectivity index (χ3v) is 3.72. The first-order valence-corrected chi connectivity index (χ1v) is 8.89. The van der Waals surface area contributed by atoms with E-state index in [2.05, 4.69) is 10.5 Å². The van der Waals surface area contributed by atoms with Crippen LogP contribution in [-0.2, 0) is 4.79 Å². The number of hydrogen-bond acceptors (Lipinski definition) is 5. The van der Waals surface area contributed by atoms with Gasteiger partial charge in [0.05, 0.1) is 24.5 Å². The molecule has 0 saturated heterocycles. The average Bonchev–Trinajstić information content (AvgIpc) is 2.63. The normalized spacial score (nSPS) is 10.9. The summed E-state index contributed by atoms with van der Waals surface area (Å²) in [6.45, 7) is 3.61. The molecule has 0 aliphatic carbocycles. The Kier molecular flexibility index (Phi) is 7.76. The Morgan fingerprint density at radius 1 is 1.22 bits per heavy atom. The number of nitrogens with zero attached hydrogens (tertiary/aromatic N) is 1. The summed E-state index contributed by atoms with van der Waals surface area (Å²) < 4.78 is 16.3. The van der Waals surface area contributed by atoms with E-state index in [1.54, 1.807) is 36.4 Å². The largest absolute Gasteiger partial charge is 0.493 e. The van der Waals surface area contributed by atoms with Gasteiger partial charge in [0.1, 0.15) is 5.75 Å². The molecular weight excluding hydrogens is 391 g/mol. The van der Waals surface area contributed by atoms with E-state index in [9.17, 15) is 4.79 Å². The first kappa shape index (κ1) is 20.9. The van der Waals surface area contributed by atoms with E-state index in [4.69, 9.17) is 37.4 Å². The number of hydrazone groups is 1. The smallest absolute Gasteiger partial charge is 0.277 e. The van der Waals surface area contributed by atoms with Gasteiger partial charge in [-0.2, -0.15) is 5.10 Å². The lowest BCUT2D eigenvalue weighted by atomic mass is 10.2. The van der Waals surface area contributed by atoms with Crippen molar-refractivity contribution in [1.29, 1.82) is 0 Å². The van der Waals surface area contributed by atoms with Crippen LogP contribution in [0, 0.1) is 0 Å². The van der Waals surface area contributed by atoms with E-state index in [0.717, 1.165) is 0 Å². The Balaban J connectivity index is 1.93. The summed E-state index contributed by atoms with van der Waals surface area (Å²) in [4.78, 5) is 11.8. The van der Waals surface area contributed by atoms with Gasteiger partial charge in [0.25, 0.3) is 5.91 Å². The molecule has 0 bridgehead atoms. The summed E-state index contributed by atoms with van der Waals surface area (Å²) in [5.41, 5.74) is 3.03. The zero-order valence-corrected chi connectivity index (χ0v) is 16.7. The van der Waals surface area contributed by atoms with E-state index < -0.39 is 5.91 Å². The van der Waals surface area contributed by atoms with Crippen LogP contribution in [0.15, 0.2) is 41.5 Å². The molecule has 0 aliphatic rings. The van der Waals surface area contributed by atoms with Crippen LogP contribution in [0.3, 0.4) is 0 Å². The molecule has 0 saturated carbocycles. The van der Waals surface area contributed by atoms with Crippen molar-refractivity contribution in [1.82, 2.24) is 5.43 Å². The molecule has 2 rings (SSSR count). The highest BCUT2D eigenvalue weighted by Gasteiger charge is 2.13. The van der Waals surface area contributed by atoms with E-state index >= 15 is 0 Å². The molecule has 2 aromatic rings. The van der Waals surface area contributed by atoms with Gasteiger partial charge in [-0.15, -0.1) is 0 Å². The van der Waals surface area contributed by atoms with Gasteiger partial charge in [-0.25, -0.2) is 5.43 Å². The van der Waals surface area contributed by atoms with Gasteiger partial charge < -0.3 is 14.2 Å². The van der Waals surface area contributed by atoms with Crippen molar-refractivity contribution in [2.45, 2.75) is 20.0 Å². The summed E-state index contributed by atoms with van der Waals surface area (Å²) in [6.07, 6.45) is 1.41. The summed E-state index contributed by atoms with van der Waals surface area (Å²) in [7, 11) is 1.52. The molecule has 0 fully saturated rings. The van der Waals surface area contributed by atoms with Crippen molar-refractivity contribution >= 4 is 35.3 Å². The zero-order valence-electron chi connectivity index (χ0n) is 15.2. The van der Waals surface area contributed by atoms with Gasteiger partial charge in [-0.1, -0.05) is 23.2 Å². The number of methoxy groups -OCH3 is 1. The molecule has 0 aromatic heterocycles. The van der Waals surface area contributed by atoms with Gasteiger partial charge in [-0.05, 0) is 55.8 Å². The average molecular weight is 411 g/mol. The molecular formula is C19H20Cl2N2O4. The lowest BCUT2D eigenvalue weighted by molar-refractivity contribution is -0.123. The van der Waals surface area contributed by atoms with Gasteiger partial charge in [0.2, 0.25) is 0 Å². The number of amides is 1. The third-order valence-electron chi connectivity index (χ3n) is 3.19. The fraction of sp³-hybridized carbons (Fsp3) is 0.263. The predicted octanol–water partition coefficient (Wildman–Crippen LogP) is 4.32. The summed E-state index contributed by atoms with van der Waals surface area (Å²) in [5, 5.41) is 4.88. The summed E-state index contributed by atoms with van der Waals surface area (Å²) in [6, 6.07) is 10.1. The van der Waals surface area contributed by atoms with Crippen LogP contribution >= 0.6 is 23.2 Å². The first-order chi connectivity index (χ1) is 12.9. The number of nitrogens with one attached hydrogen (secondary N) is 1. The summed E-state index contributed by atoms with van der Waals surface area (Å²) in [5.74, 6) is 1.08. The van der Waals surface area contributed by atoms with Crippen LogP contribution in [-0.4, -0.2) is 31.9 Å². The monoisotopic (exact) mass is 410 g/mol. The third kappa shape index (κ3) is 6.66.